The van der Waals surface area contributed by atoms with Gasteiger partial charge in [-0.3, -0.25) is 48.1 Å². The van der Waals surface area contributed by atoms with Crippen LogP contribution in [0.5, 0.6) is 0 Å². The smallest absolute Gasteiger partial charge is 0.408 e. The van der Waals surface area contributed by atoms with Crippen LogP contribution in [0.4, 0.5) is 15.3 Å². The highest BCUT2D eigenvalue weighted by Crippen LogP contribution is 2.35. The van der Waals surface area contributed by atoms with Gasteiger partial charge in [-0.05, 0) is 113 Å². The minimum atomic E-state index is -1.58. The first kappa shape index (κ1) is 76.8. The Hall–Kier alpha value is -7.93. The van der Waals surface area contributed by atoms with Crippen LogP contribution in [0.3, 0.4) is 0 Å². The van der Waals surface area contributed by atoms with Gasteiger partial charge in [0.15, 0.2) is 0 Å². The Labute approximate surface area is 554 Å². The molecule has 25 nitrogen and oxygen atoms in total. The molecule has 1 saturated heterocycles. The average Bonchev–Trinajstić information content (AvgIpc) is 1.17. The standard InChI is InChI=1S/C69H105N11O14/c1-42(2)58(75-54(81)30-20-15-21-38-80-55(82)35-36-56(80)83)64(87)74-51(28-22-37-71-67(70)90)63(86)73-50-33-31-47(32-34-50)41-94-68(91)77-69(8,9)66(89)76-59(43(3)4)65(88)78(10)60(49-26-18-14-19-27-49)53(92-11)40-57(84)79-39-23-29-52(79)61(93-12)45(6)62(85)72-46(7)44(5)48-24-16-13-17-25-48/h13,16-17,24-25,31-36,42-46,49,51-53,58-61H,14-15,18-23,26-30,37-41H2,1-12H3,(H,72,85)(H,73,86)(H,74,87)(H,75,81)(H,76,89)(H,77,91)(H3,70,71,90)/t44-,45-,46-,51?,52+,53-,58+,59+,60+,61-/m1/s1. The minimum Gasteiger partial charge on any atom is -0.445 e. The van der Waals surface area contributed by atoms with Crippen LogP contribution >= 0.6 is 0 Å². The second-order valence-electron chi connectivity index (χ2n) is 26.6. The number of hydrogen-bond acceptors (Lipinski definition) is 14. The zero-order chi connectivity index (χ0) is 69.4. The van der Waals surface area contributed by atoms with Crippen molar-refractivity contribution in [1.82, 2.24) is 46.6 Å². The van der Waals surface area contributed by atoms with Crippen molar-refractivity contribution in [3.63, 3.8) is 0 Å². The van der Waals surface area contributed by atoms with Crippen molar-refractivity contribution in [2.24, 2.45) is 29.4 Å². The van der Waals surface area contributed by atoms with E-state index in [4.69, 9.17) is 19.9 Å². The van der Waals surface area contributed by atoms with Crippen LogP contribution in [0, 0.1) is 23.7 Å². The molecule has 520 valence electrons. The Balaban J connectivity index is 1.16. The van der Waals surface area contributed by atoms with Crippen molar-refractivity contribution in [1.29, 1.82) is 0 Å². The summed E-state index contributed by atoms with van der Waals surface area (Å²) in [5, 5.41) is 19.5. The summed E-state index contributed by atoms with van der Waals surface area (Å²) in [4.78, 5) is 151. The van der Waals surface area contributed by atoms with Crippen molar-refractivity contribution in [3.8, 4) is 0 Å². The number of methoxy groups -OCH3 is 2. The van der Waals surface area contributed by atoms with Crippen molar-refractivity contribution >= 4 is 71.0 Å². The summed E-state index contributed by atoms with van der Waals surface area (Å²) >= 11 is 0. The first-order valence-corrected chi connectivity index (χ1v) is 33.4. The van der Waals surface area contributed by atoms with Gasteiger partial charge < -0.3 is 67.0 Å². The summed E-state index contributed by atoms with van der Waals surface area (Å²) in [6, 6.07) is 11.4. The van der Waals surface area contributed by atoms with Crippen LogP contribution in [-0.4, -0.2) is 175 Å². The number of imide groups is 1. The van der Waals surface area contributed by atoms with Gasteiger partial charge in [0.05, 0.1) is 36.6 Å². The maximum atomic E-state index is 14.9. The van der Waals surface area contributed by atoms with Gasteiger partial charge in [0.2, 0.25) is 41.4 Å². The molecule has 9 N–H and O–H groups in total. The maximum Gasteiger partial charge on any atom is 0.408 e. The molecule has 0 radical (unpaired) electrons. The minimum absolute atomic E-state index is 0.00572. The molecule has 5 rings (SSSR count). The van der Waals surface area contributed by atoms with E-state index in [9.17, 15) is 52.7 Å². The molecule has 0 aromatic heterocycles. The van der Waals surface area contributed by atoms with Gasteiger partial charge in [-0.2, -0.15) is 0 Å². The molecule has 2 aliphatic heterocycles. The van der Waals surface area contributed by atoms with E-state index in [-0.39, 0.29) is 111 Å². The van der Waals surface area contributed by atoms with Gasteiger partial charge in [0, 0.05) is 77.1 Å². The lowest BCUT2D eigenvalue weighted by Crippen LogP contribution is -2.62. The number of urea groups is 1. The molecule has 10 atom stereocenters. The average molecular weight is 1310 g/mol. The molecule has 2 aromatic rings. The lowest BCUT2D eigenvalue weighted by molar-refractivity contribution is -0.148. The molecule has 1 unspecified atom stereocenters. The van der Waals surface area contributed by atoms with E-state index in [0.29, 0.717) is 43.5 Å². The molecule has 25 heteroatoms. The van der Waals surface area contributed by atoms with E-state index in [0.717, 1.165) is 49.0 Å². The number of anilines is 1. The van der Waals surface area contributed by atoms with Crippen LogP contribution in [0.1, 0.15) is 169 Å². The van der Waals surface area contributed by atoms with Crippen molar-refractivity contribution in [2.75, 3.05) is 46.2 Å². The third-order valence-electron chi connectivity index (χ3n) is 18.5. The molecular formula is C69H105N11O14. The number of likely N-dealkylation sites (N-methyl/N-ethyl adjacent to an activating group) is 1. The highest BCUT2D eigenvalue weighted by atomic mass is 16.5. The number of alkyl carbamates (subject to hydrolysis) is 1. The summed E-state index contributed by atoms with van der Waals surface area (Å²) in [6.07, 6.45) is 8.08. The van der Waals surface area contributed by atoms with Gasteiger partial charge >= 0.3 is 12.1 Å². The SMILES string of the molecule is CO[C@H]([C@@H](C)C(=O)N[C@H](C)[C@@H](C)c1ccccc1)[C@@H]1CCCN1C(=O)C[C@@H](OC)[C@H](C1CCCCC1)N(C)C(=O)[C@@H](NC(=O)C(C)(C)NC(=O)OCc1ccc(NC(=O)C(CCCNC(N)=O)NC(=O)[C@@H](NC(=O)CCCCCN2C(=O)C=CC2=O)C(C)C)cc1)C(C)C. The number of nitrogens with two attached hydrogens (primary N) is 1. The summed E-state index contributed by atoms with van der Waals surface area (Å²) in [5.41, 5.74) is 5.64. The van der Waals surface area contributed by atoms with Crippen molar-refractivity contribution in [2.45, 2.75) is 219 Å². The second-order valence-corrected chi connectivity index (χ2v) is 26.6. The molecule has 1 saturated carbocycles. The molecule has 12 amide bonds. The van der Waals surface area contributed by atoms with Crippen LogP contribution < -0.4 is 43.0 Å². The Kier molecular flexibility index (Phi) is 30.4. The van der Waals surface area contributed by atoms with Gasteiger partial charge in [0.25, 0.3) is 11.8 Å². The van der Waals surface area contributed by atoms with E-state index >= 15 is 0 Å². The van der Waals surface area contributed by atoms with E-state index in [2.05, 4.69) is 44.1 Å². The number of primary amides is 1. The molecule has 1 aliphatic carbocycles. The number of likely N-dealkylation sites (tertiary alicyclic amines) is 1. The number of ether oxygens (including phenoxy) is 3. The molecule has 94 heavy (non-hydrogen) atoms. The van der Waals surface area contributed by atoms with Crippen LogP contribution in [0.25, 0.3) is 0 Å². The Morgan fingerprint density at radius 3 is 1.97 bits per heavy atom. The number of carbonyl (C=O) groups is 11. The van der Waals surface area contributed by atoms with Crippen LogP contribution in [0.2, 0.25) is 0 Å². The molecule has 2 aromatic carbocycles. The number of nitrogens with one attached hydrogen (secondary N) is 7. The van der Waals surface area contributed by atoms with Crippen LogP contribution in [0.15, 0.2) is 66.7 Å². The second kappa shape index (κ2) is 37.2. The molecule has 2 fully saturated rings. The predicted molar refractivity (Wildman–Crippen MR) is 355 cm³/mol. The number of carbonyl (C=O) groups excluding carboxylic acids is 11. The number of amides is 12. The van der Waals surface area contributed by atoms with Gasteiger partial charge in [0.1, 0.15) is 30.3 Å². The summed E-state index contributed by atoms with van der Waals surface area (Å²) in [7, 11) is 4.82. The van der Waals surface area contributed by atoms with Crippen molar-refractivity contribution < 1.29 is 67.0 Å². The number of rotatable bonds is 36. The topological polar surface area (TPSA) is 335 Å². The van der Waals surface area contributed by atoms with E-state index in [1.54, 1.807) is 64.3 Å². The lowest BCUT2D eigenvalue weighted by atomic mass is 9.80. The van der Waals surface area contributed by atoms with Gasteiger partial charge in [-0.1, -0.05) is 110 Å². The monoisotopic (exact) mass is 1310 g/mol. The zero-order valence-electron chi connectivity index (χ0n) is 57.2. The summed E-state index contributed by atoms with van der Waals surface area (Å²) < 4.78 is 17.8. The third kappa shape index (κ3) is 22.6. The van der Waals surface area contributed by atoms with Gasteiger partial charge in [-0.15, -0.1) is 0 Å². The highest BCUT2D eigenvalue weighted by Gasteiger charge is 2.45. The fourth-order valence-corrected chi connectivity index (χ4v) is 12.6. The predicted octanol–water partition coefficient (Wildman–Crippen LogP) is 6.09. The quantitative estimate of drug-likeness (QED) is 0.0283. The normalized spacial score (nSPS) is 18.0. The summed E-state index contributed by atoms with van der Waals surface area (Å²) in [6.45, 7) is 16.6. The lowest BCUT2D eigenvalue weighted by Gasteiger charge is -2.43. The Morgan fingerprint density at radius 1 is 0.713 bits per heavy atom. The van der Waals surface area contributed by atoms with E-state index < -0.39 is 83.6 Å². The highest BCUT2D eigenvalue weighted by molar-refractivity contribution is 6.12. The van der Waals surface area contributed by atoms with Gasteiger partial charge in [-0.25, -0.2) is 9.59 Å². The number of unbranched alkanes of at least 4 members (excludes halogenated alkanes) is 2. The number of benzene rings is 2. The van der Waals surface area contributed by atoms with E-state index in [1.807, 2.05) is 62.9 Å². The number of nitrogens with zero attached hydrogens (tertiary/aromatic N) is 3. The largest absolute Gasteiger partial charge is 0.445 e. The fourth-order valence-electron chi connectivity index (χ4n) is 12.6. The number of hydrogen-bond donors (Lipinski definition) is 8. The first-order valence-electron chi connectivity index (χ1n) is 33.4. The zero-order valence-corrected chi connectivity index (χ0v) is 57.2. The molecule has 2 heterocycles. The molecule has 0 spiro atoms. The van der Waals surface area contributed by atoms with Crippen molar-refractivity contribution in [3.05, 3.63) is 77.9 Å². The fraction of sp³-hybridized carbons (Fsp3) is 0.638. The van der Waals surface area contributed by atoms with Crippen LogP contribution in [-0.2, 0) is 64.0 Å². The van der Waals surface area contributed by atoms with E-state index in [1.165, 1.54) is 26.0 Å². The molecule has 0 bridgehead atoms. The molecular weight excluding hydrogens is 1210 g/mol. The maximum absolute atomic E-state index is 14.9. The summed E-state index contributed by atoms with van der Waals surface area (Å²) in [5.74, 6) is -4.95. The molecule has 3 aliphatic rings. The Bertz CT molecular complexity index is 2900. The third-order valence-corrected chi connectivity index (χ3v) is 18.5. The first-order chi connectivity index (χ1) is 44.6. The Morgan fingerprint density at radius 2 is 1.36 bits per heavy atom.